The number of benzene rings is 1. The fourth-order valence-corrected chi connectivity index (χ4v) is 6.18. The number of anilines is 1. The Morgan fingerprint density at radius 3 is 2.46 bits per heavy atom. The number of aromatic nitrogens is 1. The van der Waals surface area contributed by atoms with Crippen LogP contribution in [0, 0.1) is 5.92 Å². The monoisotopic (exact) mass is 560 g/mol. The summed E-state index contributed by atoms with van der Waals surface area (Å²) in [5.41, 5.74) is 2.29. The lowest BCUT2D eigenvalue weighted by atomic mass is 9.99. The van der Waals surface area contributed by atoms with Crippen LogP contribution in [0.5, 0.6) is 0 Å². The molecule has 3 saturated heterocycles. The van der Waals surface area contributed by atoms with Gasteiger partial charge in [-0.15, -0.1) is 0 Å². The second-order valence-corrected chi connectivity index (χ2v) is 11.9. The molecule has 1 aromatic carbocycles. The summed E-state index contributed by atoms with van der Waals surface area (Å²) in [7, 11) is 2.11. The standard InChI is InChI=1S/C31H40N6O4/c1-20(2)15-25(34-30(40)22-6-8-23(9-7-22)36-13-11-35(3)12-14-36)31(41)37-26(17-24-29(37)28(39)19-33-24)27(38)16-21-5-4-10-32-18-21/h4-10,18,20,24-26,29,33H,11-17,19H2,1-3H3,(H,34,40). The highest BCUT2D eigenvalue weighted by atomic mass is 16.2. The molecular weight excluding hydrogens is 520 g/mol. The fourth-order valence-electron chi connectivity index (χ4n) is 6.18. The van der Waals surface area contributed by atoms with Gasteiger partial charge >= 0.3 is 0 Å². The van der Waals surface area contributed by atoms with E-state index >= 15 is 0 Å². The Balaban J connectivity index is 1.33. The average molecular weight is 561 g/mol. The Labute approximate surface area is 241 Å². The van der Waals surface area contributed by atoms with Crippen LogP contribution in [0.4, 0.5) is 5.69 Å². The maximum Gasteiger partial charge on any atom is 0.251 e. The van der Waals surface area contributed by atoms with E-state index in [4.69, 9.17) is 0 Å². The molecule has 0 saturated carbocycles. The van der Waals surface area contributed by atoms with Gasteiger partial charge in [0, 0.05) is 62.3 Å². The molecule has 0 spiro atoms. The third-order valence-corrected chi connectivity index (χ3v) is 8.40. The predicted octanol–water partition coefficient (Wildman–Crippen LogP) is 1.30. The van der Waals surface area contributed by atoms with Crippen LogP contribution in [0.2, 0.25) is 0 Å². The number of nitrogens with zero attached hydrogens (tertiary/aromatic N) is 4. The van der Waals surface area contributed by atoms with Crippen LogP contribution < -0.4 is 15.5 Å². The number of rotatable bonds is 9. The summed E-state index contributed by atoms with van der Waals surface area (Å²) in [6.45, 7) is 7.98. The molecule has 0 radical (unpaired) electrons. The number of fused-ring (bicyclic) bond motifs is 1. The van der Waals surface area contributed by atoms with Crippen LogP contribution in [-0.4, -0.2) is 102 Å². The zero-order valence-corrected chi connectivity index (χ0v) is 24.1. The second-order valence-electron chi connectivity index (χ2n) is 11.9. The van der Waals surface area contributed by atoms with Crippen molar-refractivity contribution in [3.63, 3.8) is 0 Å². The van der Waals surface area contributed by atoms with E-state index in [1.165, 1.54) is 4.90 Å². The van der Waals surface area contributed by atoms with Gasteiger partial charge in [0.25, 0.3) is 5.91 Å². The number of amides is 2. The number of ketones is 2. The Morgan fingerprint density at radius 1 is 1.07 bits per heavy atom. The number of nitrogens with one attached hydrogen (secondary N) is 2. The number of Topliss-reactive ketones (excluding diaryl/α,β-unsaturated/α-hetero) is 2. The molecule has 218 valence electrons. The average Bonchev–Trinajstić information content (AvgIpc) is 3.52. The summed E-state index contributed by atoms with van der Waals surface area (Å²) >= 11 is 0. The molecular formula is C31H40N6O4. The molecule has 0 aliphatic carbocycles. The van der Waals surface area contributed by atoms with Crippen LogP contribution in [0.1, 0.15) is 42.6 Å². The van der Waals surface area contributed by atoms with Crippen molar-refractivity contribution < 1.29 is 19.2 Å². The minimum absolute atomic E-state index is 0.101. The van der Waals surface area contributed by atoms with E-state index < -0.39 is 18.1 Å². The number of hydrogen-bond acceptors (Lipinski definition) is 8. The summed E-state index contributed by atoms with van der Waals surface area (Å²) in [5, 5.41) is 6.13. The molecule has 0 bridgehead atoms. The lowest BCUT2D eigenvalue weighted by molar-refractivity contribution is -0.144. The lowest BCUT2D eigenvalue weighted by Crippen LogP contribution is -2.56. The van der Waals surface area contributed by atoms with E-state index in [1.807, 2.05) is 32.0 Å². The Hall–Kier alpha value is -3.63. The SMILES string of the molecule is CC(C)CC(NC(=O)c1ccc(N2CCN(C)CC2)cc1)C(=O)N1C(C(=O)Cc2cccnc2)CC2NCC(=O)C21. The molecule has 1 aromatic heterocycles. The smallest absolute Gasteiger partial charge is 0.251 e. The van der Waals surface area contributed by atoms with E-state index in [2.05, 4.69) is 32.5 Å². The normalized spacial score (nSPS) is 23.5. The first-order valence-electron chi connectivity index (χ1n) is 14.6. The molecule has 5 rings (SSSR count). The predicted molar refractivity (Wildman–Crippen MR) is 156 cm³/mol. The topological polar surface area (TPSA) is 115 Å². The highest BCUT2D eigenvalue weighted by Crippen LogP contribution is 2.31. The van der Waals surface area contributed by atoms with Gasteiger partial charge in [0.1, 0.15) is 12.1 Å². The van der Waals surface area contributed by atoms with E-state index in [-0.39, 0.29) is 48.3 Å². The van der Waals surface area contributed by atoms with Gasteiger partial charge < -0.3 is 25.3 Å². The van der Waals surface area contributed by atoms with Gasteiger partial charge in [-0.25, -0.2) is 0 Å². The summed E-state index contributed by atoms with van der Waals surface area (Å²) in [5.74, 6) is -0.864. The second kappa shape index (κ2) is 12.5. The van der Waals surface area contributed by atoms with Crippen molar-refractivity contribution in [1.29, 1.82) is 0 Å². The van der Waals surface area contributed by atoms with Crippen molar-refractivity contribution in [2.45, 2.75) is 57.3 Å². The summed E-state index contributed by atoms with van der Waals surface area (Å²) in [6, 6.07) is 8.48. The zero-order valence-electron chi connectivity index (χ0n) is 24.1. The minimum Gasteiger partial charge on any atom is -0.369 e. The summed E-state index contributed by atoms with van der Waals surface area (Å²) < 4.78 is 0. The van der Waals surface area contributed by atoms with Gasteiger partial charge in [-0.05, 0) is 61.7 Å². The number of likely N-dealkylation sites (N-methyl/N-ethyl adjacent to an activating group) is 1. The van der Waals surface area contributed by atoms with Crippen LogP contribution in [-0.2, 0) is 20.8 Å². The molecule has 3 fully saturated rings. The maximum atomic E-state index is 14.1. The number of carbonyl (C=O) groups is 4. The Kier molecular flexibility index (Phi) is 8.79. The van der Waals surface area contributed by atoms with E-state index in [0.29, 0.717) is 18.4 Å². The summed E-state index contributed by atoms with van der Waals surface area (Å²) in [4.78, 5) is 64.1. The molecule has 3 aliphatic heterocycles. The van der Waals surface area contributed by atoms with Gasteiger partial charge in [0.15, 0.2) is 11.6 Å². The quantitative estimate of drug-likeness (QED) is 0.472. The van der Waals surface area contributed by atoms with Crippen molar-refractivity contribution in [3.05, 3.63) is 59.9 Å². The van der Waals surface area contributed by atoms with Crippen molar-refractivity contribution >= 4 is 29.1 Å². The molecule has 4 unspecified atom stereocenters. The first kappa shape index (κ1) is 28.9. The minimum atomic E-state index is -0.861. The number of likely N-dealkylation sites (tertiary alicyclic amines) is 1. The largest absolute Gasteiger partial charge is 0.369 e. The molecule has 2 N–H and O–H groups in total. The van der Waals surface area contributed by atoms with Gasteiger partial charge in [-0.1, -0.05) is 19.9 Å². The summed E-state index contributed by atoms with van der Waals surface area (Å²) in [6.07, 6.45) is 4.17. The van der Waals surface area contributed by atoms with E-state index in [1.54, 1.807) is 30.6 Å². The number of pyridine rings is 1. The number of piperazine rings is 1. The molecule has 4 atom stereocenters. The van der Waals surface area contributed by atoms with E-state index in [0.717, 1.165) is 37.4 Å². The molecule has 10 heteroatoms. The van der Waals surface area contributed by atoms with Gasteiger partial charge in [0.2, 0.25) is 5.91 Å². The van der Waals surface area contributed by atoms with Crippen LogP contribution in [0.3, 0.4) is 0 Å². The fraction of sp³-hybridized carbons (Fsp3) is 0.516. The van der Waals surface area contributed by atoms with E-state index in [9.17, 15) is 19.2 Å². The molecule has 2 aromatic rings. The lowest BCUT2D eigenvalue weighted by Gasteiger charge is -2.34. The molecule has 10 nitrogen and oxygen atoms in total. The third kappa shape index (κ3) is 6.49. The maximum absolute atomic E-state index is 14.1. The van der Waals surface area contributed by atoms with Crippen molar-refractivity contribution in [2.24, 2.45) is 5.92 Å². The van der Waals surface area contributed by atoms with Crippen molar-refractivity contribution in [2.75, 3.05) is 44.7 Å². The molecule has 3 aliphatic rings. The Morgan fingerprint density at radius 2 is 1.80 bits per heavy atom. The molecule has 4 heterocycles. The highest BCUT2D eigenvalue weighted by Gasteiger charge is 2.53. The Bertz CT molecular complexity index is 1260. The van der Waals surface area contributed by atoms with Gasteiger partial charge in [0.05, 0.1) is 12.6 Å². The first-order chi connectivity index (χ1) is 19.7. The first-order valence-corrected chi connectivity index (χ1v) is 14.6. The molecule has 41 heavy (non-hydrogen) atoms. The molecule has 2 amide bonds. The van der Waals surface area contributed by atoms with Crippen LogP contribution in [0.25, 0.3) is 0 Å². The number of carbonyl (C=O) groups excluding carboxylic acids is 4. The van der Waals surface area contributed by atoms with Gasteiger partial charge in [-0.2, -0.15) is 0 Å². The van der Waals surface area contributed by atoms with Crippen LogP contribution >= 0.6 is 0 Å². The third-order valence-electron chi connectivity index (χ3n) is 8.40. The number of hydrogen-bond donors (Lipinski definition) is 2. The van der Waals surface area contributed by atoms with Crippen molar-refractivity contribution in [3.8, 4) is 0 Å². The van der Waals surface area contributed by atoms with Gasteiger partial charge in [-0.3, -0.25) is 24.2 Å². The zero-order chi connectivity index (χ0) is 29.1. The van der Waals surface area contributed by atoms with Crippen LogP contribution in [0.15, 0.2) is 48.8 Å². The highest BCUT2D eigenvalue weighted by molar-refractivity contribution is 6.02. The van der Waals surface area contributed by atoms with Crippen molar-refractivity contribution in [1.82, 2.24) is 25.4 Å².